The average molecular weight is 324 g/mol. The van der Waals surface area contributed by atoms with E-state index in [-0.39, 0.29) is 23.7 Å². The van der Waals surface area contributed by atoms with Crippen LogP contribution in [0.4, 0.5) is 11.4 Å². The fraction of sp³-hybridized carbons (Fsp3) is 0.263. The van der Waals surface area contributed by atoms with E-state index in [9.17, 15) is 9.59 Å². The Hall–Kier alpha value is -2.82. The number of hydrogen-bond acceptors (Lipinski definition) is 3. The lowest BCUT2D eigenvalue weighted by atomic mass is 10.2. The van der Waals surface area contributed by atoms with E-state index < -0.39 is 0 Å². The number of nitrogens with one attached hydrogen (secondary N) is 1. The number of rotatable bonds is 5. The third-order valence-electron chi connectivity index (χ3n) is 4.28. The number of ether oxygens (including phenoxy) is 1. The summed E-state index contributed by atoms with van der Waals surface area (Å²) in [6.45, 7) is 0. The second-order valence-electron chi connectivity index (χ2n) is 5.87. The zero-order valence-corrected chi connectivity index (χ0v) is 13.7. The first kappa shape index (κ1) is 16.1. The number of carbonyl (C=O) groups is 2. The Morgan fingerprint density at radius 3 is 2.42 bits per heavy atom. The van der Waals surface area contributed by atoms with Gasteiger partial charge in [-0.3, -0.25) is 9.59 Å². The molecule has 0 bridgehead atoms. The van der Waals surface area contributed by atoms with Crippen LogP contribution in [0.15, 0.2) is 54.6 Å². The predicted molar refractivity (Wildman–Crippen MR) is 93.1 cm³/mol. The maximum Gasteiger partial charge on any atom is 0.230 e. The van der Waals surface area contributed by atoms with Crippen LogP contribution in [0.3, 0.4) is 0 Å². The standard InChI is InChI=1S/C19H20N2O3/c1-21(13-8-4-3-5-9-13)19(23)15-12-14(15)18(22)20-16-10-6-7-11-17(16)24-2/h3-11,14-15H,12H2,1-2H3,(H,20,22). The summed E-state index contributed by atoms with van der Waals surface area (Å²) in [6.07, 6.45) is 0.580. The van der Waals surface area contributed by atoms with Gasteiger partial charge in [-0.15, -0.1) is 0 Å². The van der Waals surface area contributed by atoms with Crippen LogP contribution < -0.4 is 15.0 Å². The highest BCUT2D eigenvalue weighted by Gasteiger charge is 2.49. The summed E-state index contributed by atoms with van der Waals surface area (Å²) in [5.41, 5.74) is 1.46. The molecule has 1 fully saturated rings. The van der Waals surface area contributed by atoms with Gasteiger partial charge in [0, 0.05) is 12.7 Å². The van der Waals surface area contributed by atoms with Gasteiger partial charge in [0.25, 0.3) is 0 Å². The Labute approximate surface area is 141 Å². The Morgan fingerprint density at radius 2 is 1.71 bits per heavy atom. The maximum absolute atomic E-state index is 12.5. The van der Waals surface area contributed by atoms with Crippen molar-refractivity contribution in [3.8, 4) is 5.75 Å². The van der Waals surface area contributed by atoms with Gasteiger partial charge in [-0.05, 0) is 30.7 Å². The Balaban J connectivity index is 1.62. The lowest BCUT2D eigenvalue weighted by Crippen LogP contribution is -2.29. The third kappa shape index (κ3) is 3.25. The SMILES string of the molecule is COc1ccccc1NC(=O)C1CC1C(=O)N(C)c1ccccc1. The summed E-state index contributed by atoms with van der Waals surface area (Å²) < 4.78 is 5.23. The van der Waals surface area contributed by atoms with E-state index in [1.54, 1.807) is 31.2 Å². The monoisotopic (exact) mass is 324 g/mol. The van der Waals surface area contributed by atoms with Crippen LogP contribution in [0, 0.1) is 11.8 Å². The van der Waals surface area contributed by atoms with E-state index in [0.29, 0.717) is 17.9 Å². The lowest BCUT2D eigenvalue weighted by molar-refractivity contribution is -0.123. The molecular formula is C19H20N2O3. The first-order chi connectivity index (χ1) is 11.6. The quantitative estimate of drug-likeness (QED) is 0.920. The molecule has 24 heavy (non-hydrogen) atoms. The topological polar surface area (TPSA) is 58.6 Å². The molecule has 0 aromatic heterocycles. The van der Waals surface area contributed by atoms with Gasteiger partial charge in [0.2, 0.25) is 11.8 Å². The van der Waals surface area contributed by atoms with Crippen molar-refractivity contribution in [2.24, 2.45) is 11.8 Å². The highest BCUT2D eigenvalue weighted by atomic mass is 16.5. The van der Waals surface area contributed by atoms with E-state index in [0.717, 1.165) is 5.69 Å². The first-order valence-corrected chi connectivity index (χ1v) is 7.88. The molecule has 2 aromatic rings. The van der Waals surface area contributed by atoms with Gasteiger partial charge in [0.1, 0.15) is 5.75 Å². The Kier molecular flexibility index (Phi) is 4.51. The van der Waals surface area contributed by atoms with Crippen molar-refractivity contribution < 1.29 is 14.3 Å². The zero-order valence-electron chi connectivity index (χ0n) is 13.7. The van der Waals surface area contributed by atoms with E-state index in [2.05, 4.69) is 5.32 Å². The summed E-state index contributed by atoms with van der Waals surface area (Å²) in [5.74, 6) is -0.102. The smallest absolute Gasteiger partial charge is 0.230 e. The summed E-state index contributed by atoms with van der Waals surface area (Å²) in [7, 11) is 3.30. The number of carbonyl (C=O) groups excluding carboxylic acids is 2. The van der Waals surface area contributed by atoms with E-state index in [4.69, 9.17) is 4.74 Å². The molecule has 1 N–H and O–H groups in total. The molecule has 1 aliphatic carbocycles. The van der Waals surface area contributed by atoms with Crippen LogP contribution >= 0.6 is 0 Å². The molecule has 0 aliphatic heterocycles. The fourth-order valence-corrected chi connectivity index (χ4v) is 2.76. The summed E-state index contributed by atoms with van der Waals surface area (Å²) in [6, 6.07) is 16.7. The molecule has 0 radical (unpaired) electrons. The minimum absolute atomic E-state index is 0.0265. The number of hydrogen-bond donors (Lipinski definition) is 1. The second-order valence-corrected chi connectivity index (χ2v) is 5.87. The molecule has 0 spiro atoms. The second kappa shape index (κ2) is 6.74. The van der Waals surface area contributed by atoms with Gasteiger partial charge >= 0.3 is 0 Å². The Morgan fingerprint density at radius 1 is 1.04 bits per heavy atom. The summed E-state index contributed by atoms with van der Waals surface area (Å²) in [4.78, 5) is 26.5. The molecule has 2 amide bonds. The van der Waals surface area contributed by atoms with Crippen LogP contribution in [0.1, 0.15) is 6.42 Å². The molecule has 5 heteroatoms. The molecular weight excluding hydrogens is 304 g/mol. The van der Waals surface area contributed by atoms with Crippen molar-refractivity contribution in [3.63, 3.8) is 0 Å². The van der Waals surface area contributed by atoms with Crippen LogP contribution in [0.25, 0.3) is 0 Å². The highest BCUT2D eigenvalue weighted by molar-refractivity contribution is 6.04. The lowest BCUT2D eigenvalue weighted by Gasteiger charge is -2.17. The number of para-hydroxylation sites is 3. The van der Waals surface area contributed by atoms with Crippen LogP contribution in [0.5, 0.6) is 5.75 Å². The van der Waals surface area contributed by atoms with Gasteiger partial charge in [-0.25, -0.2) is 0 Å². The van der Waals surface area contributed by atoms with Gasteiger partial charge in [0.15, 0.2) is 0 Å². The van der Waals surface area contributed by atoms with E-state index in [1.165, 1.54) is 0 Å². The number of benzene rings is 2. The molecule has 2 atom stereocenters. The first-order valence-electron chi connectivity index (χ1n) is 7.88. The molecule has 1 aliphatic rings. The normalized spacial score (nSPS) is 18.6. The van der Waals surface area contributed by atoms with Crippen molar-refractivity contribution in [3.05, 3.63) is 54.6 Å². The fourth-order valence-electron chi connectivity index (χ4n) is 2.76. The van der Waals surface area contributed by atoms with Gasteiger partial charge in [-0.1, -0.05) is 30.3 Å². The van der Waals surface area contributed by atoms with Crippen molar-refractivity contribution in [1.82, 2.24) is 0 Å². The van der Waals surface area contributed by atoms with E-state index in [1.807, 2.05) is 42.5 Å². The minimum Gasteiger partial charge on any atom is -0.495 e. The number of nitrogens with zero attached hydrogens (tertiary/aromatic N) is 1. The molecule has 0 heterocycles. The van der Waals surface area contributed by atoms with Crippen molar-refractivity contribution >= 4 is 23.2 Å². The van der Waals surface area contributed by atoms with Crippen LogP contribution in [-0.4, -0.2) is 26.0 Å². The molecule has 2 aromatic carbocycles. The number of anilines is 2. The van der Waals surface area contributed by atoms with Crippen LogP contribution in [-0.2, 0) is 9.59 Å². The number of methoxy groups -OCH3 is 1. The van der Waals surface area contributed by atoms with Gasteiger partial charge in [0.05, 0.1) is 24.6 Å². The van der Waals surface area contributed by atoms with Crippen molar-refractivity contribution in [2.75, 3.05) is 24.4 Å². The van der Waals surface area contributed by atoms with Crippen LogP contribution in [0.2, 0.25) is 0 Å². The third-order valence-corrected chi connectivity index (χ3v) is 4.28. The summed E-state index contributed by atoms with van der Waals surface area (Å²) >= 11 is 0. The molecule has 3 rings (SSSR count). The maximum atomic E-state index is 12.5. The van der Waals surface area contributed by atoms with E-state index >= 15 is 0 Å². The van der Waals surface area contributed by atoms with Gasteiger partial charge < -0.3 is 15.0 Å². The molecule has 5 nitrogen and oxygen atoms in total. The van der Waals surface area contributed by atoms with Crippen molar-refractivity contribution in [2.45, 2.75) is 6.42 Å². The predicted octanol–water partition coefficient (Wildman–Crippen LogP) is 2.93. The minimum atomic E-state index is -0.284. The molecule has 1 saturated carbocycles. The van der Waals surface area contributed by atoms with Gasteiger partial charge in [-0.2, -0.15) is 0 Å². The number of amides is 2. The molecule has 2 unspecified atom stereocenters. The largest absolute Gasteiger partial charge is 0.495 e. The zero-order chi connectivity index (χ0) is 17.1. The molecule has 0 saturated heterocycles. The van der Waals surface area contributed by atoms with Crippen molar-refractivity contribution in [1.29, 1.82) is 0 Å². The Bertz CT molecular complexity index is 745. The molecule has 124 valence electrons. The highest BCUT2D eigenvalue weighted by Crippen LogP contribution is 2.41. The average Bonchev–Trinajstić information content (AvgIpc) is 3.42. The summed E-state index contributed by atoms with van der Waals surface area (Å²) in [5, 5.41) is 2.85.